The number of methoxy groups -OCH3 is 1. The minimum Gasteiger partial charge on any atom is -0.496 e. The van der Waals surface area contributed by atoms with Gasteiger partial charge in [0.1, 0.15) is 5.75 Å². The summed E-state index contributed by atoms with van der Waals surface area (Å²) >= 11 is 0. The number of hydrogen-bond acceptors (Lipinski definition) is 3. The SMILES string of the molecule is COc1cc(C)c([C@H](C)NS(=O)(=O)Cc2cccc(C)c2)cc1C(C)C. The average molecular weight is 376 g/mol. The summed E-state index contributed by atoms with van der Waals surface area (Å²) < 4.78 is 33.5. The van der Waals surface area contributed by atoms with Crippen LogP contribution in [0.2, 0.25) is 0 Å². The monoisotopic (exact) mass is 375 g/mol. The van der Waals surface area contributed by atoms with E-state index in [1.807, 2.05) is 51.1 Å². The van der Waals surface area contributed by atoms with Gasteiger partial charge < -0.3 is 4.74 Å². The molecule has 2 aromatic carbocycles. The van der Waals surface area contributed by atoms with Crippen molar-refractivity contribution < 1.29 is 13.2 Å². The fraction of sp³-hybridized carbons (Fsp3) is 0.429. The van der Waals surface area contributed by atoms with Gasteiger partial charge in [-0.15, -0.1) is 0 Å². The van der Waals surface area contributed by atoms with Crippen molar-refractivity contribution in [3.05, 3.63) is 64.2 Å². The maximum Gasteiger partial charge on any atom is 0.216 e. The molecule has 4 nitrogen and oxygen atoms in total. The average Bonchev–Trinajstić information content (AvgIpc) is 2.52. The van der Waals surface area contributed by atoms with E-state index in [-0.39, 0.29) is 11.8 Å². The van der Waals surface area contributed by atoms with E-state index in [0.717, 1.165) is 33.6 Å². The van der Waals surface area contributed by atoms with Gasteiger partial charge in [-0.05, 0) is 61.1 Å². The number of nitrogens with one attached hydrogen (secondary N) is 1. The van der Waals surface area contributed by atoms with Crippen molar-refractivity contribution >= 4 is 10.0 Å². The Morgan fingerprint density at radius 3 is 2.31 bits per heavy atom. The maximum atomic E-state index is 12.6. The second-order valence-corrected chi connectivity index (χ2v) is 8.95. The first-order valence-corrected chi connectivity index (χ1v) is 10.5. The number of benzene rings is 2. The molecule has 2 rings (SSSR count). The third-order valence-corrected chi connectivity index (χ3v) is 5.93. The molecule has 0 aromatic heterocycles. The van der Waals surface area contributed by atoms with Crippen LogP contribution in [0.15, 0.2) is 36.4 Å². The van der Waals surface area contributed by atoms with E-state index in [2.05, 4.69) is 24.6 Å². The second kappa shape index (κ2) is 8.23. The Hall–Kier alpha value is -1.85. The lowest BCUT2D eigenvalue weighted by Crippen LogP contribution is -2.28. The predicted molar refractivity (Wildman–Crippen MR) is 107 cm³/mol. The minimum atomic E-state index is -3.45. The second-order valence-electron chi connectivity index (χ2n) is 7.19. The summed E-state index contributed by atoms with van der Waals surface area (Å²) in [4.78, 5) is 0. The zero-order valence-electron chi connectivity index (χ0n) is 16.5. The largest absolute Gasteiger partial charge is 0.496 e. The molecular weight excluding hydrogens is 346 g/mol. The molecular formula is C21H29NO3S. The van der Waals surface area contributed by atoms with Crippen LogP contribution in [-0.2, 0) is 15.8 Å². The fourth-order valence-electron chi connectivity index (χ4n) is 3.21. The summed E-state index contributed by atoms with van der Waals surface area (Å²) in [5, 5.41) is 0. The van der Waals surface area contributed by atoms with Crippen LogP contribution < -0.4 is 9.46 Å². The summed E-state index contributed by atoms with van der Waals surface area (Å²) in [5.41, 5.74) is 4.91. The smallest absolute Gasteiger partial charge is 0.216 e. The van der Waals surface area contributed by atoms with Crippen molar-refractivity contribution in [2.45, 2.75) is 52.3 Å². The van der Waals surface area contributed by atoms with Gasteiger partial charge in [-0.2, -0.15) is 0 Å². The van der Waals surface area contributed by atoms with Gasteiger partial charge in [0.25, 0.3) is 0 Å². The van der Waals surface area contributed by atoms with Crippen molar-refractivity contribution in [3.63, 3.8) is 0 Å². The first-order valence-electron chi connectivity index (χ1n) is 8.87. The molecule has 2 aromatic rings. The molecule has 142 valence electrons. The van der Waals surface area contributed by atoms with Gasteiger partial charge in [0, 0.05) is 6.04 Å². The molecule has 0 unspecified atom stereocenters. The summed E-state index contributed by atoms with van der Waals surface area (Å²) in [7, 11) is -1.78. The summed E-state index contributed by atoms with van der Waals surface area (Å²) in [6, 6.07) is 11.3. The van der Waals surface area contributed by atoms with E-state index < -0.39 is 10.0 Å². The van der Waals surface area contributed by atoms with Crippen molar-refractivity contribution in [1.82, 2.24) is 4.72 Å². The van der Waals surface area contributed by atoms with Gasteiger partial charge in [-0.1, -0.05) is 43.7 Å². The van der Waals surface area contributed by atoms with Gasteiger partial charge in [0.2, 0.25) is 10.0 Å². The van der Waals surface area contributed by atoms with Crippen LogP contribution >= 0.6 is 0 Å². The van der Waals surface area contributed by atoms with E-state index in [0.29, 0.717) is 5.92 Å². The third kappa shape index (κ3) is 5.08. The first-order chi connectivity index (χ1) is 12.1. The summed E-state index contributed by atoms with van der Waals surface area (Å²) in [6.45, 7) is 10.0. The highest BCUT2D eigenvalue weighted by atomic mass is 32.2. The lowest BCUT2D eigenvalue weighted by atomic mass is 9.94. The van der Waals surface area contributed by atoms with Gasteiger partial charge in [-0.25, -0.2) is 13.1 Å². The fourth-order valence-corrected chi connectivity index (χ4v) is 4.57. The topological polar surface area (TPSA) is 55.4 Å². The number of sulfonamides is 1. The van der Waals surface area contributed by atoms with E-state index in [1.54, 1.807) is 7.11 Å². The standard InChI is InChI=1S/C21H29NO3S/c1-14(2)19-12-20(16(4)11-21(19)25-6)17(5)22-26(23,24)13-18-9-7-8-15(3)10-18/h7-12,14,17,22H,13H2,1-6H3/t17-/m0/s1. The number of hydrogen-bond donors (Lipinski definition) is 1. The lowest BCUT2D eigenvalue weighted by molar-refractivity contribution is 0.406. The molecule has 0 fully saturated rings. The maximum absolute atomic E-state index is 12.6. The molecule has 0 radical (unpaired) electrons. The Morgan fingerprint density at radius 1 is 1.04 bits per heavy atom. The Bertz CT molecular complexity index is 873. The van der Waals surface area contributed by atoms with Gasteiger partial charge in [0.15, 0.2) is 0 Å². The molecule has 1 N–H and O–H groups in total. The van der Waals surface area contributed by atoms with Crippen LogP contribution in [0.4, 0.5) is 0 Å². The quantitative estimate of drug-likeness (QED) is 0.768. The molecule has 0 bridgehead atoms. The van der Waals surface area contributed by atoms with Crippen LogP contribution in [0.1, 0.15) is 60.5 Å². The van der Waals surface area contributed by atoms with Crippen molar-refractivity contribution in [1.29, 1.82) is 0 Å². The number of rotatable bonds is 7. The van der Waals surface area contributed by atoms with Crippen LogP contribution in [-0.4, -0.2) is 15.5 Å². The van der Waals surface area contributed by atoms with Crippen molar-refractivity contribution in [2.24, 2.45) is 0 Å². The molecule has 5 heteroatoms. The normalized spacial score (nSPS) is 13.0. The highest BCUT2D eigenvalue weighted by Gasteiger charge is 2.20. The van der Waals surface area contributed by atoms with Gasteiger partial charge in [0.05, 0.1) is 12.9 Å². The molecule has 0 heterocycles. The predicted octanol–water partition coefficient (Wildman–Crippen LogP) is 4.62. The van der Waals surface area contributed by atoms with Crippen molar-refractivity contribution in [2.75, 3.05) is 7.11 Å². The minimum absolute atomic E-state index is 0.0226. The van der Waals surface area contributed by atoms with Crippen molar-refractivity contribution in [3.8, 4) is 5.75 Å². The Morgan fingerprint density at radius 2 is 1.73 bits per heavy atom. The highest BCUT2D eigenvalue weighted by Crippen LogP contribution is 2.32. The third-order valence-electron chi connectivity index (χ3n) is 4.50. The van der Waals surface area contributed by atoms with Crippen LogP contribution in [0.5, 0.6) is 5.75 Å². The summed E-state index contributed by atoms with van der Waals surface area (Å²) in [5.74, 6) is 1.11. The van der Waals surface area contributed by atoms with E-state index in [9.17, 15) is 8.42 Å². The lowest BCUT2D eigenvalue weighted by Gasteiger charge is -2.21. The van der Waals surface area contributed by atoms with Crippen LogP contribution in [0.25, 0.3) is 0 Å². The molecule has 0 spiro atoms. The Kier molecular flexibility index (Phi) is 6.48. The Balaban J connectivity index is 2.25. The Labute approximate surface area is 157 Å². The van der Waals surface area contributed by atoms with E-state index in [1.165, 1.54) is 0 Å². The molecule has 0 saturated carbocycles. The van der Waals surface area contributed by atoms with Gasteiger partial charge >= 0.3 is 0 Å². The van der Waals surface area contributed by atoms with Gasteiger partial charge in [-0.3, -0.25) is 0 Å². The zero-order chi connectivity index (χ0) is 19.5. The summed E-state index contributed by atoms with van der Waals surface area (Å²) in [6.07, 6.45) is 0. The van der Waals surface area contributed by atoms with E-state index in [4.69, 9.17) is 4.74 Å². The number of ether oxygens (including phenoxy) is 1. The molecule has 0 aliphatic carbocycles. The van der Waals surface area contributed by atoms with E-state index >= 15 is 0 Å². The molecule has 0 saturated heterocycles. The van der Waals surface area contributed by atoms with Crippen LogP contribution in [0, 0.1) is 13.8 Å². The molecule has 0 aliphatic heterocycles. The molecule has 26 heavy (non-hydrogen) atoms. The highest BCUT2D eigenvalue weighted by molar-refractivity contribution is 7.88. The molecule has 0 aliphatic rings. The molecule has 1 atom stereocenters. The van der Waals surface area contributed by atoms with Crippen LogP contribution in [0.3, 0.4) is 0 Å². The zero-order valence-corrected chi connectivity index (χ0v) is 17.3. The molecule has 0 amide bonds. The number of aryl methyl sites for hydroxylation is 2. The first kappa shape index (κ1) is 20.5.